The molecule has 0 spiro atoms. The predicted molar refractivity (Wildman–Crippen MR) is 111 cm³/mol. The Morgan fingerprint density at radius 3 is 2.62 bits per heavy atom. The van der Waals surface area contributed by atoms with E-state index in [0.717, 1.165) is 0 Å². The monoisotopic (exact) mass is 416 g/mol. The van der Waals surface area contributed by atoms with Crippen LogP contribution >= 0.6 is 0 Å². The summed E-state index contributed by atoms with van der Waals surface area (Å²) in [5, 5.41) is 20.8. The van der Waals surface area contributed by atoms with Crippen LogP contribution in [0, 0.1) is 0 Å². The number of nitrogens with one attached hydrogen (secondary N) is 2. The minimum Gasteiger partial charge on any atom is -0.508 e. The van der Waals surface area contributed by atoms with Crippen molar-refractivity contribution >= 4 is 26.7 Å². The number of pyridine rings is 1. The number of fused-ring (bicyclic) bond motifs is 1. The molecule has 0 unspecified atom stereocenters. The van der Waals surface area contributed by atoms with E-state index in [1.807, 2.05) is 13.8 Å². The fraction of sp³-hybridized carbons (Fsp3) is 0.316. The van der Waals surface area contributed by atoms with Gasteiger partial charge in [-0.1, -0.05) is 12.1 Å². The van der Waals surface area contributed by atoms with E-state index in [2.05, 4.69) is 15.3 Å². The summed E-state index contributed by atoms with van der Waals surface area (Å²) in [7, 11) is -2.25. The second-order valence-electron chi connectivity index (χ2n) is 7.12. The number of aromatic nitrogens is 3. The van der Waals surface area contributed by atoms with Gasteiger partial charge in [-0.2, -0.15) is 0 Å². The number of nitrogens with zero attached hydrogens (tertiary/aromatic N) is 3. The van der Waals surface area contributed by atoms with Crippen LogP contribution in [0.4, 0.5) is 5.82 Å². The largest absolute Gasteiger partial charge is 0.508 e. The third-order valence-electron chi connectivity index (χ3n) is 4.35. The molecule has 3 rings (SSSR count). The Kier molecular flexibility index (Phi) is 5.58. The molecule has 3 aromatic rings. The van der Waals surface area contributed by atoms with Crippen LogP contribution in [0.5, 0.6) is 5.75 Å². The molecule has 0 aliphatic heterocycles. The third kappa shape index (κ3) is 4.72. The van der Waals surface area contributed by atoms with Gasteiger partial charge >= 0.3 is 0 Å². The molecule has 1 aromatic carbocycles. The van der Waals surface area contributed by atoms with Gasteiger partial charge in [-0.05, 0) is 38.0 Å². The highest BCUT2D eigenvalue weighted by Crippen LogP contribution is 2.29. The summed E-state index contributed by atoms with van der Waals surface area (Å²) < 4.78 is 23.5. The summed E-state index contributed by atoms with van der Waals surface area (Å²) in [4.78, 5) is 21.5. The lowest BCUT2D eigenvalue weighted by atomic mass is 10.0. The van der Waals surface area contributed by atoms with Crippen LogP contribution in [-0.4, -0.2) is 39.9 Å². The van der Waals surface area contributed by atoms with Gasteiger partial charge in [0.15, 0.2) is 0 Å². The Labute approximate surface area is 168 Å². The number of anilines is 1. The zero-order valence-corrected chi connectivity index (χ0v) is 17.1. The van der Waals surface area contributed by atoms with Gasteiger partial charge in [-0.25, -0.2) is 18.4 Å². The van der Waals surface area contributed by atoms with Crippen molar-refractivity contribution in [3.63, 3.8) is 0 Å². The lowest BCUT2D eigenvalue weighted by Crippen LogP contribution is -2.21. The molecule has 2 aromatic heterocycles. The van der Waals surface area contributed by atoms with Crippen molar-refractivity contribution in [1.29, 1.82) is 0 Å². The number of hydrogen-bond acceptors (Lipinski definition) is 7. The summed E-state index contributed by atoms with van der Waals surface area (Å²) >= 11 is 0. The number of aryl methyl sites for hydroxylation is 2. The molecular weight excluding hydrogens is 394 g/mol. The summed E-state index contributed by atoms with van der Waals surface area (Å²) in [6.45, 7) is 3.87. The Morgan fingerprint density at radius 1 is 1.28 bits per heavy atom. The summed E-state index contributed by atoms with van der Waals surface area (Å²) in [6.07, 6.45) is 1.48. The number of hydrogen-bond donors (Lipinski definition) is 2. The number of aromatic hydroxyl groups is 1. The van der Waals surface area contributed by atoms with Gasteiger partial charge in [0.05, 0.1) is 23.3 Å². The minimum absolute atomic E-state index is 0.0356. The van der Waals surface area contributed by atoms with Gasteiger partial charge in [0, 0.05) is 18.7 Å². The van der Waals surface area contributed by atoms with Crippen molar-refractivity contribution in [3.8, 4) is 17.0 Å². The van der Waals surface area contributed by atoms with E-state index >= 15 is 0 Å². The molecule has 29 heavy (non-hydrogen) atoms. The fourth-order valence-corrected chi connectivity index (χ4v) is 3.42. The summed E-state index contributed by atoms with van der Waals surface area (Å²) in [5.74, 6) is -0.0440. The van der Waals surface area contributed by atoms with Crippen LogP contribution in [-0.2, 0) is 23.5 Å². The maximum atomic E-state index is 12.6. The number of phenols is 1. The van der Waals surface area contributed by atoms with Gasteiger partial charge in [0.1, 0.15) is 17.0 Å². The molecule has 1 radical (unpaired) electrons. The molecule has 0 amide bonds. The highest BCUT2D eigenvalue weighted by atomic mass is 32.2. The average Bonchev–Trinajstić information content (AvgIpc) is 2.62. The molecule has 153 valence electrons. The Balaban J connectivity index is 2.09. The summed E-state index contributed by atoms with van der Waals surface area (Å²) in [6, 6.07) is 6.51. The van der Waals surface area contributed by atoms with Crippen molar-refractivity contribution < 1.29 is 13.5 Å². The van der Waals surface area contributed by atoms with Crippen LogP contribution in [0.25, 0.3) is 22.2 Å². The zero-order valence-electron chi connectivity index (χ0n) is 16.3. The third-order valence-corrected chi connectivity index (χ3v) is 5.09. The normalized spacial score (nSPS) is 11.9. The van der Waals surface area contributed by atoms with E-state index in [1.165, 1.54) is 17.0 Å². The first-order valence-electron chi connectivity index (χ1n) is 8.97. The van der Waals surface area contributed by atoms with E-state index in [9.17, 15) is 18.3 Å². The van der Waals surface area contributed by atoms with Gasteiger partial charge in [0.25, 0.3) is 5.56 Å². The molecule has 10 heteroatoms. The molecule has 3 N–H and O–H groups in total. The van der Waals surface area contributed by atoms with Crippen LogP contribution < -0.4 is 16.0 Å². The Hall–Kier alpha value is -2.98. The summed E-state index contributed by atoms with van der Waals surface area (Å²) in [5.41, 5.74) is 1.79. The van der Waals surface area contributed by atoms with Crippen LogP contribution in [0.15, 0.2) is 35.4 Å². The SMILES string of the molecule is CC(C)Nc1nc(-c2ccc(CCS([NH])(=O)=O)c(O)c2)cc2ncn(C)c(=O)c12. The molecule has 2 heterocycles. The van der Waals surface area contributed by atoms with Gasteiger partial charge < -0.3 is 15.0 Å². The maximum Gasteiger partial charge on any atom is 0.264 e. The van der Waals surface area contributed by atoms with E-state index in [1.54, 1.807) is 25.2 Å². The van der Waals surface area contributed by atoms with Gasteiger partial charge in [0.2, 0.25) is 10.0 Å². The molecule has 0 fully saturated rings. The first kappa shape index (κ1) is 20.7. The lowest BCUT2D eigenvalue weighted by Gasteiger charge is -2.14. The number of sulfonamides is 1. The quantitative estimate of drug-likeness (QED) is 0.623. The smallest absolute Gasteiger partial charge is 0.264 e. The molecular formula is C19H22N5O4S. The van der Waals surface area contributed by atoms with Crippen molar-refractivity contribution in [3.05, 3.63) is 46.5 Å². The predicted octanol–water partition coefficient (Wildman–Crippen LogP) is 1.68. The first-order valence-corrected chi connectivity index (χ1v) is 10.6. The molecule has 0 aliphatic rings. The van der Waals surface area contributed by atoms with Crippen molar-refractivity contribution in [2.24, 2.45) is 7.05 Å². The average molecular weight is 416 g/mol. The van der Waals surface area contributed by atoms with Crippen LogP contribution in [0.3, 0.4) is 0 Å². The second-order valence-corrected chi connectivity index (χ2v) is 8.76. The van der Waals surface area contributed by atoms with Crippen LogP contribution in [0.2, 0.25) is 0 Å². The van der Waals surface area contributed by atoms with Crippen molar-refractivity contribution in [2.75, 3.05) is 11.1 Å². The minimum atomic E-state index is -3.87. The second kappa shape index (κ2) is 7.80. The van der Waals surface area contributed by atoms with Gasteiger partial charge in [-0.3, -0.25) is 4.79 Å². The molecule has 0 saturated carbocycles. The number of rotatable bonds is 6. The van der Waals surface area contributed by atoms with E-state index in [4.69, 9.17) is 5.14 Å². The van der Waals surface area contributed by atoms with Crippen molar-refractivity contribution in [2.45, 2.75) is 26.3 Å². The highest BCUT2D eigenvalue weighted by Gasteiger charge is 2.15. The van der Waals surface area contributed by atoms with E-state index in [0.29, 0.717) is 33.5 Å². The Bertz CT molecular complexity index is 1240. The Morgan fingerprint density at radius 2 is 2.00 bits per heavy atom. The lowest BCUT2D eigenvalue weighted by molar-refractivity contribution is 0.469. The fourth-order valence-electron chi connectivity index (χ4n) is 2.93. The molecule has 0 atom stereocenters. The van der Waals surface area contributed by atoms with Gasteiger partial charge in [-0.15, -0.1) is 5.14 Å². The number of benzene rings is 1. The molecule has 0 saturated heterocycles. The number of phenolic OH excluding ortho intramolecular Hbond substituents is 1. The van der Waals surface area contributed by atoms with Crippen LogP contribution in [0.1, 0.15) is 19.4 Å². The zero-order chi connectivity index (χ0) is 21.3. The molecule has 0 bridgehead atoms. The standard InChI is InChI=1S/C19H22N5O4S/c1-11(2)22-18-17-15(21-10-24(3)19(17)26)9-14(23-18)13-5-4-12(16(25)8-13)6-7-29(20,27)28/h4-5,8-11,20,25H,6-7H2,1-3H3,(H,22,23). The highest BCUT2D eigenvalue weighted by molar-refractivity contribution is 7.88. The topological polar surface area (TPSA) is 138 Å². The van der Waals surface area contributed by atoms with Crippen molar-refractivity contribution in [1.82, 2.24) is 19.7 Å². The molecule has 9 nitrogen and oxygen atoms in total. The maximum absolute atomic E-state index is 12.6. The first-order chi connectivity index (χ1) is 13.5. The molecule has 0 aliphatic carbocycles. The van der Waals surface area contributed by atoms with E-state index in [-0.39, 0.29) is 29.5 Å². The van der Waals surface area contributed by atoms with E-state index < -0.39 is 10.0 Å².